The Balaban J connectivity index is 2.40. The zero-order valence-electron chi connectivity index (χ0n) is 6.85. The van der Waals surface area contributed by atoms with E-state index < -0.39 is 0 Å². The Hall–Kier alpha value is -0.510. The van der Waals surface area contributed by atoms with Crippen molar-refractivity contribution in [3.05, 3.63) is 0 Å². The van der Waals surface area contributed by atoms with Gasteiger partial charge in [0.25, 0.3) is 0 Å². The molecule has 1 rings (SSSR count). The fraction of sp³-hybridized carbons (Fsp3) is 0.889. The van der Waals surface area contributed by atoms with Crippen molar-refractivity contribution in [1.29, 1.82) is 5.26 Å². The zero-order chi connectivity index (χ0) is 7.61. The third-order valence-electron chi connectivity index (χ3n) is 2.52. The normalized spacial score (nSPS) is 25.7. The summed E-state index contributed by atoms with van der Waals surface area (Å²) < 4.78 is 0. The van der Waals surface area contributed by atoms with Crippen LogP contribution in [-0.4, -0.2) is 0 Å². The number of rotatable bonds is 0. The van der Waals surface area contributed by atoms with E-state index in [9.17, 15) is 0 Å². The lowest BCUT2D eigenvalue weighted by molar-refractivity contribution is 0.216. The molecule has 0 unspecified atom stereocenters. The van der Waals surface area contributed by atoms with Gasteiger partial charge in [0.05, 0.1) is 6.07 Å². The molecule has 0 radical (unpaired) electrons. The van der Waals surface area contributed by atoms with E-state index in [1.807, 2.05) is 0 Å². The maximum atomic E-state index is 8.61. The van der Waals surface area contributed by atoms with Crippen molar-refractivity contribution in [2.24, 2.45) is 11.3 Å². The third-order valence-corrected chi connectivity index (χ3v) is 2.52. The highest BCUT2D eigenvalue weighted by Crippen LogP contribution is 2.37. The number of nitrogens with zero attached hydrogens (tertiary/aromatic N) is 1. The molecule has 0 aromatic rings. The Morgan fingerprint density at radius 2 is 1.80 bits per heavy atom. The van der Waals surface area contributed by atoms with Gasteiger partial charge in [0.2, 0.25) is 0 Å². The Labute approximate surface area is 63.0 Å². The van der Waals surface area contributed by atoms with Gasteiger partial charge in [-0.25, -0.2) is 0 Å². The van der Waals surface area contributed by atoms with Gasteiger partial charge in [-0.1, -0.05) is 13.8 Å². The average Bonchev–Trinajstić information content (AvgIpc) is 1.88. The molecule has 0 N–H and O–H groups in total. The molecule has 1 aliphatic carbocycles. The van der Waals surface area contributed by atoms with E-state index in [1.165, 1.54) is 12.8 Å². The Morgan fingerprint density at radius 1 is 1.30 bits per heavy atom. The SMILES string of the molecule is CC1(C)CCC(C#N)CC1. The van der Waals surface area contributed by atoms with Crippen LogP contribution in [0.4, 0.5) is 0 Å². The highest BCUT2D eigenvalue weighted by Gasteiger charge is 2.26. The molecule has 1 nitrogen and oxygen atoms in total. The van der Waals surface area contributed by atoms with E-state index in [-0.39, 0.29) is 0 Å². The summed E-state index contributed by atoms with van der Waals surface area (Å²) in [4.78, 5) is 0. The summed E-state index contributed by atoms with van der Waals surface area (Å²) in [6, 6.07) is 2.34. The summed E-state index contributed by atoms with van der Waals surface area (Å²) in [7, 11) is 0. The Kier molecular flexibility index (Phi) is 1.99. The van der Waals surface area contributed by atoms with Crippen LogP contribution in [-0.2, 0) is 0 Å². The van der Waals surface area contributed by atoms with Crippen molar-refractivity contribution >= 4 is 0 Å². The molecule has 0 atom stereocenters. The third kappa shape index (κ3) is 1.73. The second-order valence-electron chi connectivity index (χ2n) is 4.07. The van der Waals surface area contributed by atoms with Crippen molar-refractivity contribution in [3.63, 3.8) is 0 Å². The molecular weight excluding hydrogens is 122 g/mol. The van der Waals surface area contributed by atoms with Gasteiger partial charge >= 0.3 is 0 Å². The van der Waals surface area contributed by atoms with Crippen LogP contribution in [0.3, 0.4) is 0 Å². The molecule has 0 aromatic carbocycles. The van der Waals surface area contributed by atoms with Gasteiger partial charge in [0.15, 0.2) is 0 Å². The fourth-order valence-corrected chi connectivity index (χ4v) is 1.53. The minimum Gasteiger partial charge on any atom is -0.198 e. The summed E-state index contributed by atoms with van der Waals surface area (Å²) >= 11 is 0. The Bertz CT molecular complexity index is 143. The zero-order valence-corrected chi connectivity index (χ0v) is 6.85. The molecule has 1 aliphatic rings. The maximum absolute atomic E-state index is 8.61. The summed E-state index contributed by atoms with van der Waals surface area (Å²) in [5.41, 5.74) is 0.507. The maximum Gasteiger partial charge on any atom is 0.0655 e. The lowest BCUT2D eigenvalue weighted by Gasteiger charge is -2.31. The van der Waals surface area contributed by atoms with Gasteiger partial charge in [-0.2, -0.15) is 5.26 Å². The topological polar surface area (TPSA) is 23.8 Å². The molecule has 0 saturated heterocycles. The van der Waals surface area contributed by atoms with Crippen LogP contribution in [0, 0.1) is 22.7 Å². The van der Waals surface area contributed by atoms with Gasteiger partial charge in [0, 0.05) is 5.92 Å². The summed E-state index contributed by atoms with van der Waals surface area (Å²) in [5, 5.41) is 8.61. The molecule has 56 valence electrons. The van der Waals surface area contributed by atoms with E-state index in [0.29, 0.717) is 11.3 Å². The predicted octanol–water partition coefficient (Wildman–Crippen LogP) is 2.73. The average molecular weight is 137 g/mol. The van der Waals surface area contributed by atoms with Gasteiger partial charge < -0.3 is 0 Å². The molecule has 0 aromatic heterocycles. The largest absolute Gasteiger partial charge is 0.198 e. The summed E-state index contributed by atoms with van der Waals surface area (Å²) in [5.74, 6) is 0.355. The second kappa shape index (κ2) is 2.62. The van der Waals surface area contributed by atoms with Gasteiger partial charge in [-0.3, -0.25) is 0 Å². The van der Waals surface area contributed by atoms with Crippen molar-refractivity contribution in [3.8, 4) is 6.07 Å². The monoisotopic (exact) mass is 137 g/mol. The molecule has 0 amide bonds. The fourth-order valence-electron chi connectivity index (χ4n) is 1.53. The molecule has 0 aliphatic heterocycles. The van der Waals surface area contributed by atoms with Crippen LogP contribution in [0.2, 0.25) is 0 Å². The van der Waals surface area contributed by atoms with Crippen molar-refractivity contribution in [1.82, 2.24) is 0 Å². The predicted molar refractivity (Wildman–Crippen MR) is 41.4 cm³/mol. The molecule has 1 fully saturated rings. The minimum absolute atomic E-state index is 0.355. The van der Waals surface area contributed by atoms with Crippen molar-refractivity contribution in [2.45, 2.75) is 39.5 Å². The first-order chi connectivity index (χ1) is 4.64. The first kappa shape index (κ1) is 7.60. The molecule has 1 saturated carbocycles. The molecule has 10 heavy (non-hydrogen) atoms. The molecule has 0 heterocycles. The van der Waals surface area contributed by atoms with E-state index in [0.717, 1.165) is 12.8 Å². The van der Waals surface area contributed by atoms with E-state index >= 15 is 0 Å². The van der Waals surface area contributed by atoms with Crippen LogP contribution < -0.4 is 0 Å². The second-order valence-corrected chi connectivity index (χ2v) is 4.07. The van der Waals surface area contributed by atoms with E-state index in [1.54, 1.807) is 0 Å². The van der Waals surface area contributed by atoms with Gasteiger partial charge in [-0.15, -0.1) is 0 Å². The van der Waals surface area contributed by atoms with Crippen molar-refractivity contribution in [2.75, 3.05) is 0 Å². The van der Waals surface area contributed by atoms with E-state index in [2.05, 4.69) is 19.9 Å². The minimum atomic E-state index is 0.355. The van der Waals surface area contributed by atoms with Gasteiger partial charge in [-0.05, 0) is 31.1 Å². The van der Waals surface area contributed by atoms with Crippen molar-refractivity contribution < 1.29 is 0 Å². The highest BCUT2D eigenvalue weighted by atomic mass is 14.3. The lowest BCUT2D eigenvalue weighted by atomic mass is 9.74. The van der Waals surface area contributed by atoms with E-state index in [4.69, 9.17) is 5.26 Å². The first-order valence-corrected chi connectivity index (χ1v) is 4.04. The quantitative estimate of drug-likeness (QED) is 0.503. The number of hydrogen-bond donors (Lipinski definition) is 0. The highest BCUT2D eigenvalue weighted by molar-refractivity contribution is 4.89. The van der Waals surface area contributed by atoms with Crippen LogP contribution >= 0.6 is 0 Å². The molecule has 1 heteroatoms. The molecule has 0 spiro atoms. The molecular formula is C9H15N. The first-order valence-electron chi connectivity index (χ1n) is 4.04. The summed E-state index contributed by atoms with van der Waals surface area (Å²) in [6.45, 7) is 4.58. The lowest BCUT2D eigenvalue weighted by Crippen LogP contribution is -2.20. The van der Waals surface area contributed by atoms with Crippen LogP contribution in [0.5, 0.6) is 0 Å². The molecule has 0 bridgehead atoms. The number of nitriles is 1. The number of hydrogen-bond acceptors (Lipinski definition) is 1. The standard InChI is InChI=1S/C9H15N/c1-9(2)5-3-8(7-10)4-6-9/h8H,3-6H2,1-2H3. The van der Waals surface area contributed by atoms with Crippen LogP contribution in [0.25, 0.3) is 0 Å². The van der Waals surface area contributed by atoms with Crippen LogP contribution in [0.15, 0.2) is 0 Å². The summed E-state index contributed by atoms with van der Waals surface area (Å²) in [6.07, 6.45) is 4.68. The van der Waals surface area contributed by atoms with Gasteiger partial charge in [0.1, 0.15) is 0 Å². The smallest absolute Gasteiger partial charge is 0.0655 e. The van der Waals surface area contributed by atoms with Crippen LogP contribution in [0.1, 0.15) is 39.5 Å². The Morgan fingerprint density at radius 3 is 2.20 bits per heavy atom.